The highest BCUT2D eigenvalue weighted by molar-refractivity contribution is 5.92. The summed E-state index contributed by atoms with van der Waals surface area (Å²) in [6, 6.07) is 14.8. The zero-order valence-corrected chi connectivity index (χ0v) is 23.3. The molecule has 0 heterocycles. The molecule has 2 N–H and O–H groups in total. The number of aryl methyl sites for hydroxylation is 1. The summed E-state index contributed by atoms with van der Waals surface area (Å²) in [6.45, 7) is 11.2. The minimum Gasteiger partial charge on any atom is -0.444 e. The first-order valence-electron chi connectivity index (χ1n) is 13.0. The second-order valence-corrected chi connectivity index (χ2v) is 10.3. The quantitative estimate of drug-likeness (QED) is 0.328. The molecule has 0 radical (unpaired) electrons. The van der Waals surface area contributed by atoms with E-state index in [4.69, 9.17) is 4.74 Å². The zero-order valence-electron chi connectivity index (χ0n) is 23.3. The third-order valence-electron chi connectivity index (χ3n) is 6.13. The van der Waals surface area contributed by atoms with E-state index in [9.17, 15) is 19.6 Å². The van der Waals surface area contributed by atoms with Gasteiger partial charge in [0, 0.05) is 13.0 Å². The molecular weight excluding hydrogens is 480 g/mol. The molecule has 0 aliphatic heterocycles. The van der Waals surface area contributed by atoms with Crippen LogP contribution in [0, 0.1) is 25.2 Å². The van der Waals surface area contributed by atoms with Gasteiger partial charge >= 0.3 is 6.09 Å². The molecule has 38 heavy (non-hydrogen) atoms. The molecule has 2 atom stereocenters. The van der Waals surface area contributed by atoms with Crippen molar-refractivity contribution in [3.8, 4) is 6.07 Å². The highest BCUT2D eigenvalue weighted by Gasteiger charge is 2.37. The van der Waals surface area contributed by atoms with Gasteiger partial charge in [-0.3, -0.25) is 9.59 Å². The largest absolute Gasteiger partial charge is 0.444 e. The summed E-state index contributed by atoms with van der Waals surface area (Å²) in [4.78, 5) is 41.7. The van der Waals surface area contributed by atoms with Crippen molar-refractivity contribution in [1.82, 2.24) is 15.5 Å². The van der Waals surface area contributed by atoms with E-state index < -0.39 is 29.7 Å². The number of nitrogens with one attached hydrogen (secondary N) is 2. The van der Waals surface area contributed by atoms with Gasteiger partial charge in [-0.15, -0.1) is 0 Å². The van der Waals surface area contributed by atoms with Crippen LogP contribution in [0.1, 0.15) is 68.8 Å². The Morgan fingerprint density at radius 2 is 1.74 bits per heavy atom. The van der Waals surface area contributed by atoms with Crippen molar-refractivity contribution in [3.63, 3.8) is 0 Å². The zero-order chi connectivity index (χ0) is 28.3. The molecule has 204 valence electrons. The molecule has 0 saturated carbocycles. The van der Waals surface area contributed by atoms with Gasteiger partial charge in [0.15, 0.2) is 0 Å². The van der Waals surface area contributed by atoms with Gasteiger partial charge in [0.2, 0.25) is 11.8 Å². The summed E-state index contributed by atoms with van der Waals surface area (Å²) in [5.41, 5.74) is 2.51. The number of nitriles is 1. The summed E-state index contributed by atoms with van der Waals surface area (Å²) in [5.74, 6) is -0.913. The van der Waals surface area contributed by atoms with Crippen LogP contribution in [-0.4, -0.2) is 47.5 Å². The molecule has 2 aromatic carbocycles. The van der Waals surface area contributed by atoms with Crippen LogP contribution >= 0.6 is 0 Å². The van der Waals surface area contributed by atoms with E-state index in [1.807, 2.05) is 69.3 Å². The fraction of sp³-hybridized carbons (Fsp3) is 0.467. The van der Waals surface area contributed by atoms with Gasteiger partial charge in [0.25, 0.3) is 0 Å². The van der Waals surface area contributed by atoms with Crippen LogP contribution in [0.15, 0.2) is 48.5 Å². The van der Waals surface area contributed by atoms with E-state index in [0.29, 0.717) is 12.1 Å². The second kappa shape index (κ2) is 14.2. The molecule has 2 unspecified atom stereocenters. The fourth-order valence-electron chi connectivity index (χ4n) is 4.08. The van der Waals surface area contributed by atoms with Crippen molar-refractivity contribution in [2.75, 3.05) is 13.1 Å². The Labute approximate surface area is 226 Å². The number of alkyl carbamates (subject to hydrolysis) is 1. The van der Waals surface area contributed by atoms with Gasteiger partial charge in [-0.1, -0.05) is 61.9 Å². The lowest BCUT2D eigenvalue weighted by molar-refractivity contribution is -0.141. The van der Waals surface area contributed by atoms with E-state index in [1.165, 1.54) is 4.90 Å². The van der Waals surface area contributed by atoms with Crippen molar-refractivity contribution >= 4 is 17.9 Å². The summed E-state index contributed by atoms with van der Waals surface area (Å²) in [6.07, 6.45) is 1.10. The maximum Gasteiger partial charge on any atom is 0.408 e. The number of nitrogens with zero attached hydrogens (tertiary/aromatic N) is 2. The predicted molar refractivity (Wildman–Crippen MR) is 147 cm³/mol. The standard InChI is InChI=1S/C30H40N4O4/c1-7-8-18-32-27(35)26(24-16-12-13-21(2)22(24)3)34(19-17-31)28(36)25(20-23-14-10-9-11-15-23)33-29(37)38-30(4,5)6/h9-16,25-26H,7-8,18-20H2,1-6H3,(H,32,35)(H,33,37). The Morgan fingerprint density at radius 1 is 1.05 bits per heavy atom. The average molecular weight is 521 g/mol. The molecule has 0 bridgehead atoms. The third-order valence-corrected chi connectivity index (χ3v) is 6.13. The van der Waals surface area contributed by atoms with Crippen molar-refractivity contribution < 1.29 is 19.1 Å². The van der Waals surface area contributed by atoms with E-state index in [1.54, 1.807) is 26.8 Å². The predicted octanol–water partition coefficient (Wildman–Crippen LogP) is 4.75. The SMILES string of the molecule is CCCCNC(=O)C(c1cccc(C)c1C)N(CC#N)C(=O)C(Cc1ccccc1)NC(=O)OC(C)(C)C. The van der Waals surface area contributed by atoms with Gasteiger partial charge in [-0.05, 0) is 63.3 Å². The van der Waals surface area contributed by atoms with Gasteiger partial charge < -0.3 is 20.3 Å². The minimum atomic E-state index is -1.06. The molecule has 0 aromatic heterocycles. The number of ether oxygens (including phenoxy) is 1. The molecule has 0 spiro atoms. The number of amides is 3. The van der Waals surface area contributed by atoms with Crippen molar-refractivity contribution in [1.29, 1.82) is 5.26 Å². The van der Waals surface area contributed by atoms with Gasteiger partial charge in [0.05, 0.1) is 6.07 Å². The molecule has 8 nitrogen and oxygen atoms in total. The molecule has 0 fully saturated rings. The first kappa shape index (κ1) is 30.4. The number of hydrogen-bond donors (Lipinski definition) is 2. The molecular formula is C30H40N4O4. The van der Waals surface area contributed by atoms with Crippen LogP contribution in [-0.2, 0) is 20.7 Å². The maximum absolute atomic E-state index is 14.1. The monoisotopic (exact) mass is 520 g/mol. The topological polar surface area (TPSA) is 112 Å². The lowest BCUT2D eigenvalue weighted by Gasteiger charge is -2.34. The Balaban J connectivity index is 2.54. The van der Waals surface area contributed by atoms with Crippen LogP contribution < -0.4 is 10.6 Å². The first-order chi connectivity index (χ1) is 18.0. The van der Waals surface area contributed by atoms with Crippen LogP contribution in [0.4, 0.5) is 4.79 Å². The number of carbonyl (C=O) groups excluding carboxylic acids is 3. The van der Waals surface area contributed by atoms with E-state index >= 15 is 0 Å². The van der Waals surface area contributed by atoms with Gasteiger partial charge in [-0.2, -0.15) is 5.26 Å². The Bertz CT molecular complexity index is 1140. The highest BCUT2D eigenvalue weighted by Crippen LogP contribution is 2.27. The van der Waals surface area contributed by atoms with E-state index in [-0.39, 0.29) is 18.9 Å². The first-order valence-corrected chi connectivity index (χ1v) is 13.0. The van der Waals surface area contributed by atoms with Crippen molar-refractivity contribution in [2.24, 2.45) is 0 Å². The number of carbonyl (C=O) groups is 3. The highest BCUT2D eigenvalue weighted by atomic mass is 16.6. The third kappa shape index (κ3) is 8.91. The smallest absolute Gasteiger partial charge is 0.408 e. The fourth-order valence-corrected chi connectivity index (χ4v) is 4.08. The average Bonchev–Trinajstić information content (AvgIpc) is 2.85. The minimum absolute atomic E-state index is 0.165. The number of rotatable bonds is 11. The molecule has 0 aliphatic carbocycles. The second-order valence-electron chi connectivity index (χ2n) is 10.3. The molecule has 0 aliphatic rings. The lowest BCUT2D eigenvalue weighted by Crippen LogP contribution is -2.54. The molecule has 0 saturated heterocycles. The van der Waals surface area contributed by atoms with Gasteiger partial charge in [-0.25, -0.2) is 4.79 Å². The van der Waals surface area contributed by atoms with E-state index in [2.05, 4.69) is 10.6 Å². The van der Waals surface area contributed by atoms with Crippen LogP contribution in [0.2, 0.25) is 0 Å². The summed E-state index contributed by atoms with van der Waals surface area (Å²) in [7, 11) is 0. The summed E-state index contributed by atoms with van der Waals surface area (Å²) >= 11 is 0. The molecule has 8 heteroatoms. The van der Waals surface area contributed by atoms with Gasteiger partial charge in [0.1, 0.15) is 24.2 Å². The van der Waals surface area contributed by atoms with Crippen LogP contribution in [0.5, 0.6) is 0 Å². The number of hydrogen-bond acceptors (Lipinski definition) is 5. The molecule has 3 amide bonds. The Morgan fingerprint density at radius 3 is 2.34 bits per heavy atom. The maximum atomic E-state index is 14.1. The summed E-state index contributed by atoms with van der Waals surface area (Å²) < 4.78 is 5.42. The molecule has 2 rings (SSSR count). The lowest BCUT2D eigenvalue weighted by atomic mass is 9.94. The number of unbranched alkanes of at least 4 members (excludes halogenated alkanes) is 1. The van der Waals surface area contributed by atoms with E-state index in [0.717, 1.165) is 29.5 Å². The van der Waals surface area contributed by atoms with Crippen molar-refractivity contribution in [3.05, 3.63) is 70.8 Å². The van der Waals surface area contributed by atoms with Crippen LogP contribution in [0.25, 0.3) is 0 Å². The summed E-state index contributed by atoms with van der Waals surface area (Å²) in [5, 5.41) is 15.3. The number of benzene rings is 2. The normalized spacial score (nSPS) is 12.6. The van der Waals surface area contributed by atoms with Crippen LogP contribution in [0.3, 0.4) is 0 Å². The Hall–Kier alpha value is -3.86. The van der Waals surface area contributed by atoms with Crippen molar-refractivity contribution in [2.45, 2.75) is 78.5 Å². The Kier molecular flexibility index (Phi) is 11.3. The molecule has 2 aromatic rings.